The van der Waals surface area contributed by atoms with Crippen molar-refractivity contribution in [1.82, 2.24) is 5.32 Å². The van der Waals surface area contributed by atoms with Gasteiger partial charge < -0.3 is 15.4 Å². The SMILES string of the molecule is CCOC(=O)c1ccccc1NC(=O)C1(C(=O)NC(C)C)CC1. The molecule has 1 aliphatic carbocycles. The highest BCUT2D eigenvalue weighted by molar-refractivity contribution is 6.14. The van der Waals surface area contributed by atoms with Crippen LogP contribution in [0.1, 0.15) is 44.0 Å². The summed E-state index contributed by atoms with van der Waals surface area (Å²) in [6, 6.07) is 6.59. The first kappa shape index (κ1) is 17.0. The molecule has 2 amide bonds. The number of carbonyl (C=O) groups excluding carboxylic acids is 3. The molecule has 0 aliphatic heterocycles. The molecule has 1 fully saturated rings. The van der Waals surface area contributed by atoms with Crippen molar-refractivity contribution in [2.75, 3.05) is 11.9 Å². The summed E-state index contributed by atoms with van der Waals surface area (Å²) in [4.78, 5) is 36.7. The van der Waals surface area contributed by atoms with Crippen molar-refractivity contribution in [1.29, 1.82) is 0 Å². The maximum atomic E-state index is 12.5. The lowest BCUT2D eigenvalue weighted by Crippen LogP contribution is -2.42. The summed E-state index contributed by atoms with van der Waals surface area (Å²) >= 11 is 0. The fourth-order valence-corrected chi connectivity index (χ4v) is 2.30. The van der Waals surface area contributed by atoms with Crippen molar-refractivity contribution in [2.45, 2.75) is 39.7 Å². The minimum Gasteiger partial charge on any atom is -0.462 e. The fourth-order valence-electron chi connectivity index (χ4n) is 2.30. The van der Waals surface area contributed by atoms with Gasteiger partial charge in [-0.1, -0.05) is 12.1 Å². The van der Waals surface area contributed by atoms with Crippen LogP contribution >= 0.6 is 0 Å². The number of para-hydroxylation sites is 1. The van der Waals surface area contributed by atoms with Gasteiger partial charge in [-0.05, 0) is 45.7 Å². The maximum Gasteiger partial charge on any atom is 0.340 e. The van der Waals surface area contributed by atoms with E-state index >= 15 is 0 Å². The van der Waals surface area contributed by atoms with E-state index in [1.54, 1.807) is 31.2 Å². The van der Waals surface area contributed by atoms with Crippen LogP contribution in [0, 0.1) is 5.41 Å². The Bertz CT molecular complexity index is 621. The first-order chi connectivity index (χ1) is 10.9. The molecule has 1 aromatic rings. The number of amides is 2. The third-order valence-electron chi connectivity index (χ3n) is 3.71. The molecule has 2 rings (SSSR count). The molecule has 0 heterocycles. The van der Waals surface area contributed by atoms with Gasteiger partial charge in [0.05, 0.1) is 17.9 Å². The van der Waals surface area contributed by atoms with Crippen molar-refractivity contribution >= 4 is 23.5 Å². The number of esters is 1. The van der Waals surface area contributed by atoms with Gasteiger partial charge in [-0.15, -0.1) is 0 Å². The second-order valence-electron chi connectivity index (χ2n) is 5.93. The largest absolute Gasteiger partial charge is 0.462 e. The summed E-state index contributed by atoms with van der Waals surface area (Å²) in [5.74, 6) is -1.15. The molecular weight excluding hydrogens is 296 g/mol. The standard InChI is InChI=1S/C17H22N2O4/c1-4-23-14(20)12-7-5-6-8-13(12)19-16(22)17(9-10-17)15(21)18-11(2)3/h5-8,11H,4,9-10H2,1-3H3,(H,18,21)(H,19,22). The molecule has 124 valence electrons. The van der Waals surface area contributed by atoms with E-state index in [9.17, 15) is 14.4 Å². The molecular formula is C17H22N2O4. The lowest BCUT2D eigenvalue weighted by atomic mass is 10.0. The molecule has 0 atom stereocenters. The molecule has 23 heavy (non-hydrogen) atoms. The van der Waals surface area contributed by atoms with Gasteiger partial charge in [0.2, 0.25) is 11.8 Å². The van der Waals surface area contributed by atoms with Gasteiger partial charge in [0.25, 0.3) is 0 Å². The van der Waals surface area contributed by atoms with Crippen LogP contribution in [0.2, 0.25) is 0 Å². The molecule has 6 nitrogen and oxygen atoms in total. The van der Waals surface area contributed by atoms with Gasteiger partial charge in [-0.25, -0.2) is 4.79 Å². The number of anilines is 1. The van der Waals surface area contributed by atoms with Crippen molar-refractivity contribution in [3.05, 3.63) is 29.8 Å². The van der Waals surface area contributed by atoms with Crippen LogP contribution in [0.15, 0.2) is 24.3 Å². The molecule has 0 spiro atoms. The molecule has 1 aliphatic rings. The highest BCUT2D eigenvalue weighted by Crippen LogP contribution is 2.47. The second-order valence-corrected chi connectivity index (χ2v) is 5.93. The van der Waals surface area contributed by atoms with Crippen LogP contribution in [-0.4, -0.2) is 30.4 Å². The van der Waals surface area contributed by atoms with Crippen LogP contribution in [0.5, 0.6) is 0 Å². The first-order valence-corrected chi connectivity index (χ1v) is 7.79. The minimum absolute atomic E-state index is 0.0282. The van der Waals surface area contributed by atoms with Crippen LogP contribution in [-0.2, 0) is 14.3 Å². The van der Waals surface area contributed by atoms with Crippen molar-refractivity contribution in [2.24, 2.45) is 5.41 Å². The summed E-state index contributed by atoms with van der Waals surface area (Å²) < 4.78 is 4.98. The summed E-state index contributed by atoms with van der Waals surface area (Å²) in [7, 11) is 0. The molecule has 1 aromatic carbocycles. The van der Waals surface area contributed by atoms with Crippen LogP contribution in [0.25, 0.3) is 0 Å². The molecule has 0 radical (unpaired) electrons. The smallest absolute Gasteiger partial charge is 0.340 e. The van der Waals surface area contributed by atoms with E-state index in [-0.39, 0.29) is 30.0 Å². The lowest BCUT2D eigenvalue weighted by molar-refractivity contribution is -0.134. The van der Waals surface area contributed by atoms with Gasteiger partial charge in [0.1, 0.15) is 5.41 Å². The van der Waals surface area contributed by atoms with Gasteiger partial charge >= 0.3 is 5.97 Å². The highest BCUT2D eigenvalue weighted by atomic mass is 16.5. The zero-order valence-electron chi connectivity index (χ0n) is 13.6. The third kappa shape index (κ3) is 3.70. The molecule has 0 unspecified atom stereocenters. The van der Waals surface area contributed by atoms with Gasteiger partial charge in [-0.3, -0.25) is 9.59 Å². The molecule has 6 heteroatoms. The Balaban J connectivity index is 2.15. The van der Waals surface area contributed by atoms with Gasteiger partial charge in [0, 0.05) is 6.04 Å². The number of rotatable bonds is 6. The lowest BCUT2D eigenvalue weighted by Gasteiger charge is -2.18. The summed E-state index contributed by atoms with van der Waals surface area (Å²) in [5, 5.41) is 5.48. The Labute approximate surface area is 135 Å². The van der Waals surface area contributed by atoms with Crippen LogP contribution < -0.4 is 10.6 Å². The Kier molecular flexibility index (Phi) is 5.03. The molecule has 0 aromatic heterocycles. The number of carbonyl (C=O) groups is 3. The van der Waals surface area contributed by atoms with E-state index in [0.29, 0.717) is 18.5 Å². The Hall–Kier alpha value is -2.37. The van der Waals surface area contributed by atoms with E-state index in [1.807, 2.05) is 13.8 Å². The Morgan fingerprint density at radius 2 is 1.83 bits per heavy atom. The van der Waals surface area contributed by atoms with Gasteiger partial charge in [-0.2, -0.15) is 0 Å². The molecule has 0 bridgehead atoms. The van der Waals surface area contributed by atoms with Crippen molar-refractivity contribution in [3.63, 3.8) is 0 Å². The van der Waals surface area contributed by atoms with Crippen molar-refractivity contribution < 1.29 is 19.1 Å². The number of hydrogen-bond acceptors (Lipinski definition) is 4. The van der Waals surface area contributed by atoms with E-state index in [1.165, 1.54) is 0 Å². The third-order valence-corrected chi connectivity index (χ3v) is 3.71. The van der Waals surface area contributed by atoms with Crippen LogP contribution in [0.4, 0.5) is 5.69 Å². The first-order valence-electron chi connectivity index (χ1n) is 7.79. The summed E-state index contributed by atoms with van der Waals surface area (Å²) in [6.45, 7) is 5.67. The van der Waals surface area contributed by atoms with E-state index in [4.69, 9.17) is 4.74 Å². The van der Waals surface area contributed by atoms with Crippen LogP contribution in [0.3, 0.4) is 0 Å². The topological polar surface area (TPSA) is 84.5 Å². The summed E-state index contributed by atoms with van der Waals surface area (Å²) in [6.07, 6.45) is 1.03. The second kappa shape index (κ2) is 6.81. The monoisotopic (exact) mass is 318 g/mol. The average molecular weight is 318 g/mol. The minimum atomic E-state index is -1.02. The summed E-state index contributed by atoms with van der Waals surface area (Å²) in [5.41, 5.74) is -0.381. The molecule has 1 saturated carbocycles. The number of ether oxygens (including phenoxy) is 1. The van der Waals surface area contributed by atoms with Crippen molar-refractivity contribution in [3.8, 4) is 0 Å². The normalized spacial score (nSPS) is 15.0. The zero-order chi connectivity index (χ0) is 17.0. The highest BCUT2D eigenvalue weighted by Gasteiger charge is 2.56. The fraction of sp³-hybridized carbons (Fsp3) is 0.471. The molecule has 2 N–H and O–H groups in total. The maximum absolute atomic E-state index is 12.5. The quantitative estimate of drug-likeness (QED) is 0.621. The number of nitrogens with one attached hydrogen (secondary N) is 2. The van der Waals surface area contributed by atoms with Gasteiger partial charge in [0.15, 0.2) is 0 Å². The average Bonchev–Trinajstić information content (AvgIpc) is 3.29. The van der Waals surface area contributed by atoms with E-state index < -0.39 is 11.4 Å². The van der Waals surface area contributed by atoms with E-state index in [2.05, 4.69) is 10.6 Å². The predicted molar refractivity (Wildman–Crippen MR) is 86.0 cm³/mol. The Morgan fingerprint density at radius 1 is 1.17 bits per heavy atom. The predicted octanol–water partition coefficient (Wildman–Crippen LogP) is 2.11. The number of hydrogen-bond donors (Lipinski definition) is 2. The Morgan fingerprint density at radius 3 is 2.39 bits per heavy atom. The zero-order valence-corrected chi connectivity index (χ0v) is 13.6. The molecule has 0 saturated heterocycles. The van der Waals surface area contributed by atoms with E-state index in [0.717, 1.165) is 0 Å². The number of benzene rings is 1.